The monoisotopic (exact) mass is 468 g/mol. The lowest BCUT2D eigenvalue weighted by Gasteiger charge is -2.09. The Morgan fingerprint density at radius 3 is 2.19 bits per heavy atom. The molecule has 0 spiro atoms. The standard InChI is InChI=1S/C24H24N2O4S2/c1-31(29)22-12-10-18(11-13-22)16-32(30)17-24(28)25-15-23(27)26-21-9-5-8-20(14-21)19-6-3-2-4-7-19/h2-14H,15-17H2,1H3,(H,25,28)(H,26,27). The van der Waals surface area contributed by atoms with Crippen molar-refractivity contribution in [3.05, 3.63) is 84.4 Å². The van der Waals surface area contributed by atoms with Crippen LogP contribution in [-0.2, 0) is 36.9 Å². The van der Waals surface area contributed by atoms with E-state index in [1.807, 2.05) is 48.5 Å². The number of hydrogen-bond donors (Lipinski definition) is 2. The Morgan fingerprint density at radius 1 is 0.812 bits per heavy atom. The minimum Gasteiger partial charge on any atom is -0.346 e. The van der Waals surface area contributed by atoms with E-state index in [1.54, 1.807) is 36.6 Å². The lowest BCUT2D eigenvalue weighted by molar-refractivity contribution is -0.122. The molecule has 0 saturated carbocycles. The Labute approximate surface area is 192 Å². The highest BCUT2D eigenvalue weighted by Gasteiger charge is 2.11. The highest BCUT2D eigenvalue weighted by Crippen LogP contribution is 2.22. The van der Waals surface area contributed by atoms with Crippen LogP contribution in [0.1, 0.15) is 5.56 Å². The second-order valence-corrected chi connectivity index (χ2v) is 9.93. The van der Waals surface area contributed by atoms with Crippen LogP contribution < -0.4 is 10.6 Å². The second kappa shape index (κ2) is 11.5. The number of hydrogen-bond acceptors (Lipinski definition) is 4. The number of anilines is 1. The Morgan fingerprint density at radius 2 is 1.50 bits per heavy atom. The van der Waals surface area contributed by atoms with Crippen LogP contribution in [0.3, 0.4) is 0 Å². The molecule has 32 heavy (non-hydrogen) atoms. The average Bonchev–Trinajstić information content (AvgIpc) is 2.79. The summed E-state index contributed by atoms with van der Waals surface area (Å²) in [5.41, 5.74) is 3.44. The molecule has 0 aliphatic carbocycles. The highest BCUT2D eigenvalue weighted by atomic mass is 32.2. The van der Waals surface area contributed by atoms with Gasteiger partial charge >= 0.3 is 0 Å². The predicted molar refractivity (Wildman–Crippen MR) is 129 cm³/mol. The molecule has 2 unspecified atom stereocenters. The van der Waals surface area contributed by atoms with Crippen LogP contribution in [0.4, 0.5) is 5.69 Å². The van der Waals surface area contributed by atoms with Gasteiger partial charge < -0.3 is 10.6 Å². The Bertz CT molecular complexity index is 1130. The first-order valence-electron chi connectivity index (χ1n) is 9.90. The smallest absolute Gasteiger partial charge is 0.243 e. The van der Waals surface area contributed by atoms with Crippen molar-refractivity contribution < 1.29 is 18.0 Å². The summed E-state index contributed by atoms with van der Waals surface area (Å²) < 4.78 is 23.7. The molecule has 166 valence electrons. The van der Waals surface area contributed by atoms with E-state index in [-0.39, 0.29) is 24.0 Å². The van der Waals surface area contributed by atoms with Gasteiger partial charge in [-0.3, -0.25) is 18.0 Å². The van der Waals surface area contributed by atoms with Crippen LogP contribution in [0.2, 0.25) is 0 Å². The zero-order valence-corrected chi connectivity index (χ0v) is 19.2. The zero-order chi connectivity index (χ0) is 22.9. The molecule has 2 amide bonds. The van der Waals surface area contributed by atoms with Gasteiger partial charge in [0.15, 0.2) is 0 Å². The summed E-state index contributed by atoms with van der Waals surface area (Å²) in [5, 5.41) is 5.27. The van der Waals surface area contributed by atoms with Crippen LogP contribution in [-0.4, -0.2) is 38.8 Å². The molecular formula is C24H24N2O4S2. The van der Waals surface area contributed by atoms with Crippen LogP contribution in [0.15, 0.2) is 83.8 Å². The third-order valence-corrected chi connectivity index (χ3v) is 6.75. The largest absolute Gasteiger partial charge is 0.346 e. The summed E-state index contributed by atoms with van der Waals surface area (Å²) >= 11 is 0. The van der Waals surface area contributed by atoms with E-state index in [2.05, 4.69) is 10.6 Å². The average molecular weight is 469 g/mol. The third-order valence-electron chi connectivity index (χ3n) is 4.57. The maximum Gasteiger partial charge on any atom is 0.243 e. The fourth-order valence-electron chi connectivity index (χ4n) is 3.00. The number of nitrogens with one attached hydrogen (secondary N) is 2. The molecule has 3 aromatic carbocycles. The molecule has 0 fully saturated rings. The Balaban J connectivity index is 1.45. The fraction of sp³-hybridized carbons (Fsp3) is 0.167. The fourth-order valence-corrected chi connectivity index (χ4v) is 4.58. The second-order valence-electron chi connectivity index (χ2n) is 7.10. The lowest BCUT2D eigenvalue weighted by Crippen LogP contribution is -2.35. The molecule has 0 aliphatic rings. The molecule has 2 N–H and O–H groups in total. The van der Waals surface area contributed by atoms with Crippen LogP contribution in [0.5, 0.6) is 0 Å². The van der Waals surface area contributed by atoms with Gasteiger partial charge in [-0.15, -0.1) is 0 Å². The number of carbonyl (C=O) groups is 2. The summed E-state index contributed by atoms with van der Waals surface area (Å²) in [4.78, 5) is 25.0. The van der Waals surface area contributed by atoms with Gasteiger partial charge in [-0.05, 0) is 41.0 Å². The van der Waals surface area contributed by atoms with Crippen LogP contribution in [0, 0.1) is 0 Å². The summed E-state index contributed by atoms with van der Waals surface area (Å²) in [6, 6.07) is 24.2. The quantitative estimate of drug-likeness (QED) is 0.505. The molecule has 0 aliphatic heterocycles. The van der Waals surface area contributed by atoms with Crippen molar-refractivity contribution in [1.82, 2.24) is 5.32 Å². The van der Waals surface area contributed by atoms with E-state index in [0.717, 1.165) is 16.7 Å². The lowest BCUT2D eigenvalue weighted by atomic mass is 10.1. The first-order valence-corrected chi connectivity index (χ1v) is 12.9. The highest BCUT2D eigenvalue weighted by molar-refractivity contribution is 7.85. The van der Waals surface area contributed by atoms with Crippen molar-refractivity contribution in [2.75, 3.05) is 23.9 Å². The van der Waals surface area contributed by atoms with Gasteiger partial charge in [0.2, 0.25) is 11.8 Å². The zero-order valence-electron chi connectivity index (χ0n) is 17.6. The predicted octanol–water partition coefficient (Wildman–Crippen LogP) is 3.09. The number of benzene rings is 3. The summed E-state index contributed by atoms with van der Waals surface area (Å²) in [7, 11) is -2.49. The molecule has 0 aromatic heterocycles. The van der Waals surface area contributed by atoms with Crippen LogP contribution in [0.25, 0.3) is 11.1 Å². The molecule has 2 atom stereocenters. The summed E-state index contributed by atoms with van der Waals surface area (Å²) in [6.45, 7) is -0.206. The van der Waals surface area contributed by atoms with Gasteiger partial charge in [-0.1, -0.05) is 54.6 Å². The molecule has 8 heteroatoms. The van der Waals surface area contributed by atoms with E-state index >= 15 is 0 Å². The van der Waals surface area contributed by atoms with Crippen molar-refractivity contribution in [3.8, 4) is 11.1 Å². The minimum absolute atomic E-state index is 0.196. The molecular weight excluding hydrogens is 444 g/mol. The SMILES string of the molecule is CS(=O)c1ccc(CS(=O)CC(=O)NCC(=O)Nc2cccc(-c3ccccc3)c2)cc1. The van der Waals surface area contributed by atoms with Gasteiger partial charge in [0.1, 0.15) is 5.75 Å². The summed E-state index contributed by atoms with van der Waals surface area (Å²) in [6.07, 6.45) is 1.59. The Hall–Kier alpha value is -3.10. The summed E-state index contributed by atoms with van der Waals surface area (Å²) in [5.74, 6) is -0.805. The van der Waals surface area contributed by atoms with E-state index in [1.165, 1.54) is 0 Å². The van der Waals surface area contributed by atoms with Crippen molar-refractivity contribution >= 4 is 39.1 Å². The van der Waals surface area contributed by atoms with E-state index in [0.29, 0.717) is 10.6 Å². The van der Waals surface area contributed by atoms with E-state index < -0.39 is 27.5 Å². The number of carbonyl (C=O) groups excluding carboxylic acids is 2. The van der Waals surface area contributed by atoms with Crippen LogP contribution >= 0.6 is 0 Å². The topological polar surface area (TPSA) is 92.3 Å². The van der Waals surface area contributed by atoms with Crippen molar-refractivity contribution in [2.24, 2.45) is 0 Å². The van der Waals surface area contributed by atoms with Crippen molar-refractivity contribution in [2.45, 2.75) is 10.6 Å². The maximum absolute atomic E-state index is 12.2. The maximum atomic E-state index is 12.2. The normalized spacial score (nSPS) is 12.5. The first-order chi connectivity index (χ1) is 15.4. The van der Waals surface area contributed by atoms with Crippen molar-refractivity contribution in [3.63, 3.8) is 0 Å². The minimum atomic E-state index is -1.41. The third kappa shape index (κ3) is 7.25. The van der Waals surface area contributed by atoms with Gasteiger partial charge in [-0.2, -0.15) is 0 Å². The molecule has 0 heterocycles. The van der Waals surface area contributed by atoms with Gasteiger partial charge in [0, 0.05) is 44.2 Å². The number of amides is 2. The number of rotatable bonds is 9. The Kier molecular flexibility index (Phi) is 8.47. The van der Waals surface area contributed by atoms with Gasteiger partial charge in [0.05, 0.1) is 6.54 Å². The van der Waals surface area contributed by atoms with Crippen molar-refractivity contribution in [1.29, 1.82) is 0 Å². The molecule has 0 radical (unpaired) electrons. The molecule has 3 rings (SSSR count). The van der Waals surface area contributed by atoms with Gasteiger partial charge in [-0.25, -0.2) is 0 Å². The van der Waals surface area contributed by atoms with E-state index in [4.69, 9.17) is 0 Å². The first kappa shape index (κ1) is 23.6. The molecule has 3 aromatic rings. The molecule has 0 saturated heterocycles. The van der Waals surface area contributed by atoms with E-state index in [9.17, 15) is 18.0 Å². The molecule has 0 bridgehead atoms. The molecule has 6 nitrogen and oxygen atoms in total. The van der Waals surface area contributed by atoms with Gasteiger partial charge in [0.25, 0.3) is 0 Å².